The highest BCUT2D eigenvalue weighted by Crippen LogP contribution is 2.48. The lowest BCUT2D eigenvalue weighted by Crippen LogP contribution is -2.37. The molecule has 0 atom stereocenters. The summed E-state index contributed by atoms with van der Waals surface area (Å²) in [7, 11) is 0. The van der Waals surface area contributed by atoms with Crippen molar-refractivity contribution in [2.45, 2.75) is 45.4 Å². The molecule has 0 spiro atoms. The molecule has 0 heterocycles. The average Bonchev–Trinajstić information content (AvgIpc) is 3.12. The SMILES string of the molecule is CCCC1(CNC(=O)CNCC2CC2)CC1. The average molecular weight is 224 g/mol. The van der Waals surface area contributed by atoms with Crippen molar-refractivity contribution in [3.05, 3.63) is 0 Å². The fraction of sp³-hybridized carbons (Fsp3) is 0.923. The first-order chi connectivity index (χ1) is 7.74. The Morgan fingerprint density at radius 2 is 2.12 bits per heavy atom. The molecule has 2 saturated carbocycles. The molecule has 2 rings (SSSR count). The molecule has 0 aromatic heterocycles. The Bertz CT molecular complexity index is 244. The highest BCUT2D eigenvalue weighted by atomic mass is 16.1. The highest BCUT2D eigenvalue weighted by molar-refractivity contribution is 5.78. The van der Waals surface area contributed by atoms with Gasteiger partial charge in [0.15, 0.2) is 0 Å². The van der Waals surface area contributed by atoms with Crippen molar-refractivity contribution in [2.75, 3.05) is 19.6 Å². The molecule has 0 bridgehead atoms. The molecule has 2 aliphatic carbocycles. The molecule has 16 heavy (non-hydrogen) atoms. The maximum atomic E-state index is 11.6. The second-order valence-corrected chi connectivity index (χ2v) is 5.60. The maximum absolute atomic E-state index is 11.6. The monoisotopic (exact) mass is 224 g/mol. The molecule has 0 aromatic rings. The van der Waals surface area contributed by atoms with E-state index in [0.717, 1.165) is 19.0 Å². The standard InChI is InChI=1S/C13H24N2O/c1-2-5-13(6-7-13)10-15-12(16)9-14-8-11-3-4-11/h11,14H,2-10H2,1H3,(H,15,16). The lowest BCUT2D eigenvalue weighted by atomic mass is 10.0. The van der Waals surface area contributed by atoms with Gasteiger partial charge in [0, 0.05) is 6.54 Å². The quantitative estimate of drug-likeness (QED) is 0.658. The Morgan fingerprint density at radius 1 is 1.38 bits per heavy atom. The van der Waals surface area contributed by atoms with E-state index in [2.05, 4.69) is 17.6 Å². The van der Waals surface area contributed by atoms with Crippen LogP contribution in [-0.2, 0) is 4.79 Å². The molecule has 0 aromatic carbocycles. The van der Waals surface area contributed by atoms with E-state index in [1.54, 1.807) is 0 Å². The summed E-state index contributed by atoms with van der Waals surface area (Å²) < 4.78 is 0. The molecule has 2 fully saturated rings. The smallest absolute Gasteiger partial charge is 0.233 e. The Balaban J connectivity index is 1.52. The van der Waals surface area contributed by atoms with Crippen LogP contribution in [0.25, 0.3) is 0 Å². The van der Waals surface area contributed by atoms with Crippen LogP contribution in [0, 0.1) is 11.3 Å². The lowest BCUT2D eigenvalue weighted by molar-refractivity contribution is -0.120. The molecule has 2 aliphatic rings. The zero-order valence-corrected chi connectivity index (χ0v) is 10.3. The molecule has 3 nitrogen and oxygen atoms in total. The molecular formula is C13H24N2O. The van der Waals surface area contributed by atoms with E-state index < -0.39 is 0 Å². The van der Waals surface area contributed by atoms with E-state index in [-0.39, 0.29) is 5.91 Å². The van der Waals surface area contributed by atoms with Gasteiger partial charge in [0.25, 0.3) is 0 Å². The van der Waals surface area contributed by atoms with Crippen LogP contribution in [0.5, 0.6) is 0 Å². The number of rotatable bonds is 8. The summed E-state index contributed by atoms with van der Waals surface area (Å²) in [6.07, 6.45) is 7.79. The van der Waals surface area contributed by atoms with Crippen molar-refractivity contribution in [1.29, 1.82) is 0 Å². The van der Waals surface area contributed by atoms with Gasteiger partial charge < -0.3 is 10.6 Å². The largest absolute Gasteiger partial charge is 0.354 e. The predicted molar refractivity (Wildman–Crippen MR) is 65.2 cm³/mol. The number of carbonyl (C=O) groups is 1. The summed E-state index contributed by atoms with van der Waals surface area (Å²) in [6.45, 7) is 4.64. The first-order valence-corrected chi connectivity index (χ1v) is 6.71. The van der Waals surface area contributed by atoms with E-state index in [1.807, 2.05) is 0 Å². The minimum Gasteiger partial charge on any atom is -0.354 e. The molecule has 92 valence electrons. The van der Waals surface area contributed by atoms with Gasteiger partial charge in [-0.3, -0.25) is 4.79 Å². The maximum Gasteiger partial charge on any atom is 0.233 e. The fourth-order valence-corrected chi connectivity index (χ4v) is 2.28. The first kappa shape index (κ1) is 11.9. The summed E-state index contributed by atoms with van der Waals surface area (Å²) in [5.74, 6) is 1.02. The fourth-order valence-electron chi connectivity index (χ4n) is 2.28. The molecule has 0 unspecified atom stereocenters. The van der Waals surface area contributed by atoms with Gasteiger partial charge in [-0.15, -0.1) is 0 Å². The topological polar surface area (TPSA) is 41.1 Å². The van der Waals surface area contributed by atoms with E-state index in [4.69, 9.17) is 0 Å². The minimum absolute atomic E-state index is 0.169. The van der Waals surface area contributed by atoms with Crippen LogP contribution in [-0.4, -0.2) is 25.5 Å². The van der Waals surface area contributed by atoms with E-state index in [9.17, 15) is 4.79 Å². The van der Waals surface area contributed by atoms with Gasteiger partial charge in [0.1, 0.15) is 0 Å². The van der Waals surface area contributed by atoms with Gasteiger partial charge in [0.2, 0.25) is 5.91 Å². The van der Waals surface area contributed by atoms with Crippen LogP contribution in [0.4, 0.5) is 0 Å². The molecule has 0 saturated heterocycles. The normalized spacial score (nSPS) is 21.8. The molecule has 0 aliphatic heterocycles. The van der Waals surface area contributed by atoms with Crippen molar-refractivity contribution in [1.82, 2.24) is 10.6 Å². The van der Waals surface area contributed by atoms with E-state index in [1.165, 1.54) is 38.5 Å². The second-order valence-electron chi connectivity index (χ2n) is 5.60. The van der Waals surface area contributed by atoms with Gasteiger partial charge in [0.05, 0.1) is 6.54 Å². The Labute approximate surface area is 98.4 Å². The van der Waals surface area contributed by atoms with Crippen molar-refractivity contribution in [3.8, 4) is 0 Å². The summed E-state index contributed by atoms with van der Waals surface area (Å²) in [6, 6.07) is 0. The predicted octanol–water partition coefficient (Wildman–Crippen LogP) is 1.68. The Hall–Kier alpha value is -0.570. The molecular weight excluding hydrogens is 200 g/mol. The lowest BCUT2D eigenvalue weighted by Gasteiger charge is -2.15. The molecule has 2 N–H and O–H groups in total. The number of hydrogen-bond donors (Lipinski definition) is 2. The van der Waals surface area contributed by atoms with Gasteiger partial charge in [-0.1, -0.05) is 13.3 Å². The van der Waals surface area contributed by atoms with Crippen molar-refractivity contribution in [3.63, 3.8) is 0 Å². The van der Waals surface area contributed by atoms with Crippen LogP contribution < -0.4 is 10.6 Å². The summed E-state index contributed by atoms with van der Waals surface area (Å²) in [4.78, 5) is 11.6. The van der Waals surface area contributed by atoms with Crippen LogP contribution >= 0.6 is 0 Å². The summed E-state index contributed by atoms with van der Waals surface area (Å²) in [5.41, 5.74) is 0.473. The molecule has 0 radical (unpaired) electrons. The second kappa shape index (κ2) is 5.17. The number of amides is 1. The van der Waals surface area contributed by atoms with E-state index >= 15 is 0 Å². The van der Waals surface area contributed by atoms with Crippen LogP contribution in [0.3, 0.4) is 0 Å². The number of hydrogen-bond acceptors (Lipinski definition) is 2. The third-order valence-corrected chi connectivity index (χ3v) is 3.81. The van der Waals surface area contributed by atoms with Gasteiger partial charge in [-0.2, -0.15) is 0 Å². The Kier molecular flexibility index (Phi) is 3.85. The highest BCUT2D eigenvalue weighted by Gasteiger charge is 2.41. The first-order valence-electron chi connectivity index (χ1n) is 6.71. The van der Waals surface area contributed by atoms with Crippen molar-refractivity contribution in [2.24, 2.45) is 11.3 Å². The van der Waals surface area contributed by atoms with Gasteiger partial charge in [-0.25, -0.2) is 0 Å². The third-order valence-electron chi connectivity index (χ3n) is 3.81. The molecule has 1 amide bonds. The van der Waals surface area contributed by atoms with Crippen LogP contribution in [0.1, 0.15) is 45.4 Å². The number of nitrogens with one attached hydrogen (secondary N) is 2. The summed E-state index contributed by atoms with van der Waals surface area (Å²) in [5, 5.41) is 6.29. The van der Waals surface area contributed by atoms with Gasteiger partial charge >= 0.3 is 0 Å². The third kappa shape index (κ3) is 3.78. The van der Waals surface area contributed by atoms with Crippen LogP contribution in [0.15, 0.2) is 0 Å². The van der Waals surface area contributed by atoms with Crippen molar-refractivity contribution < 1.29 is 4.79 Å². The Morgan fingerprint density at radius 3 is 2.69 bits per heavy atom. The number of carbonyl (C=O) groups excluding carboxylic acids is 1. The van der Waals surface area contributed by atoms with Crippen LogP contribution in [0.2, 0.25) is 0 Å². The minimum atomic E-state index is 0.169. The van der Waals surface area contributed by atoms with Gasteiger partial charge in [-0.05, 0) is 50.0 Å². The van der Waals surface area contributed by atoms with Crippen molar-refractivity contribution >= 4 is 5.91 Å². The molecule has 3 heteroatoms. The summed E-state index contributed by atoms with van der Waals surface area (Å²) >= 11 is 0. The zero-order chi connectivity index (χ0) is 11.4. The zero-order valence-electron chi connectivity index (χ0n) is 10.3. The van der Waals surface area contributed by atoms with E-state index in [0.29, 0.717) is 12.0 Å².